The zero-order valence-electron chi connectivity index (χ0n) is 17.0. The number of piperidine rings is 1. The third-order valence-corrected chi connectivity index (χ3v) is 6.31. The van der Waals surface area contributed by atoms with Crippen molar-refractivity contribution in [1.29, 1.82) is 0 Å². The first-order valence-corrected chi connectivity index (χ1v) is 11.1. The molecule has 4 rings (SSSR count). The van der Waals surface area contributed by atoms with Gasteiger partial charge in [0.25, 0.3) is 5.91 Å². The van der Waals surface area contributed by atoms with Crippen LogP contribution in [0.4, 0.5) is 0 Å². The van der Waals surface area contributed by atoms with Crippen LogP contribution < -0.4 is 10.1 Å². The van der Waals surface area contributed by atoms with Crippen molar-refractivity contribution in [1.82, 2.24) is 20.2 Å². The molecule has 1 amide bonds. The molecule has 1 aliphatic heterocycles. The van der Waals surface area contributed by atoms with Crippen LogP contribution in [-0.4, -0.2) is 41.0 Å². The maximum Gasteiger partial charge on any atom is 0.270 e. The SMILES string of the molecule is COc1cccc(CN2CCCC(C(NC(=O)c3ccccn3)c3nccs3)C2)c1. The topological polar surface area (TPSA) is 67.3 Å². The molecule has 1 saturated heterocycles. The van der Waals surface area contributed by atoms with Crippen molar-refractivity contribution in [2.24, 2.45) is 5.92 Å². The lowest BCUT2D eigenvalue weighted by Gasteiger charge is -2.36. The van der Waals surface area contributed by atoms with Gasteiger partial charge in [0.1, 0.15) is 16.5 Å². The van der Waals surface area contributed by atoms with E-state index in [-0.39, 0.29) is 11.9 Å². The monoisotopic (exact) mass is 422 g/mol. The number of amides is 1. The summed E-state index contributed by atoms with van der Waals surface area (Å²) in [5.74, 6) is 1.02. The summed E-state index contributed by atoms with van der Waals surface area (Å²) < 4.78 is 5.36. The Hall–Kier alpha value is -2.77. The Bertz CT molecular complexity index is 949. The maximum atomic E-state index is 12.8. The summed E-state index contributed by atoms with van der Waals surface area (Å²) in [4.78, 5) is 24.0. The molecular formula is C23H26N4O2S. The Morgan fingerprint density at radius 3 is 2.97 bits per heavy atom. The van der Waals surface area contributed by atoms with Crippen LogP contribution in [-0.2, 0) is 6.54 Å². The third-order valence-electron chi connectivity index (χ3n) is 5.46. The number of likely N-dealkylation sites (tertiary alicyclic amines) is 1. The maximum absolute atomic E-state index is 12.8. The first kappa shape index (κ1) is 20.5. The zero-order valence-corrected chi connectivity index (χ0v) is 17.8. The Labute approximate surface area is 180 Å². The van der Waals surface area contributed by atoms with Gasteiger partial charge >= 0.3 is 0 Å². The van der Waals surface area contributed by atoms with Crippen LogP contribution >= 0.6 is 11.3 Å². The number of aromatic nitrogens is 2. The molecule has 3 aromatic rings. The molecule has 0 radical (unpaired) electrons. The Morgan fingerprint density at radius 2 is 2.20 bits per heavy atom. The molecule has 0 bridgehead atoms. The predicted molar refractivity (Wildman–Crippen MR) is 118 cm³/mol. The number of benzene rings is 1. The molecule has 0 spiro atoms. The molecule has 0 aliphatic carbocycles. The molecule has 1 aromatic carbocycles. The number of hydrogen-bond acceptors (Lipinski definition) is 6. The second-order valence-corrected chi connectivity index (χ2v) is 8.45. The Morgan fingerprint density at radius 1 is 1.27 bits per heavy atom. The van der Waals surface area contributed by atoms with E-state index in [1.165, 1.54) is 5.56 Å². The van der Waals surface area contributed by atoms with Crippen LogP contribution in [0.15, 0.2) is 60.2 Å². The number of nitrogens with zero attached hydrogens (tertiary/aromatic N) is 3. The second-order valence-electron chi connectivity index (χ2n) is 7.53. The van der Waals surface area contributed by atoms with Crippen LogP contribution in [0.25, 0.3) is 0 Å². The van der Waals surface area contributed by atoms with Crippen LogP contribution in [0.2, 0.25) is 0 Å². The van der Waals surface area contributed by atoms with Crippen LogP contribution in [0.3, 0.4) is 0 Å². The average molecular weight is 423 g/mol. The summed E-state index contributed by atoms with van der Waals surface area (Å²) in [5, 5.41) is 6.12. The largest absolute Gasteiger partial charge is 0.497 e. The minimum absolute atomic E-state index is 0.118. The van der Waals surface area contributed by atoms with Gasteiger partial charge in [-0.3, -0.25) is 14.7 Å². The van der Waals surface area contributed by atoms with Crippen molar-refractivity contribution in [3.05, 3.63) is 76.5 Å². The van der Waals surface area contributed by atoms with Crippen LogP contribution in [0, 0.1) is 5.92 Å². The van der Waals surface area contributed by atoms with Crippen LogP contribution in [0.5, 0.6) is 5.75 Å². The third kappa shape index (κ3) is 5.04. The van der Waals surface area contributed by atoms with Gasteiger partial charge in [0, 0.05) is 30.9 Å². The molecule has 0 saturated carbocycles. The van der Waals surface area contributed by atoms with Crippen LogP contribution in [0.1, 0.15) is 39.9 Å². The molecule has 1 N–H and O–H groups in total. The highest BCUT2D eigenvalue weighted by molar-refractivity contribution is 7.09. The Kier molecular flexibility index (Phi) is 6.71. The summed E-state index contributed by atoms with van der Waals surface area (Å²) in [7, 11) is 1.69. The number of hydrogen-bond donors (Lipinski definition) is 1. The van der Waals surface area contributed by atoms with Gasteiger partial charge in [-0.2, -0.15) is 0 Å². The molecule has 3 heterocycles. The second kappa shape index (κ2) is 9.82. The number of carbonyl (C=O) groups excluding carboxylic acids is 1. The summed E-state index contributed by atoms with van der Waals surface area (Å²) in [6.07, 6.45) is 5.60. The summed E-state index contributed by atoms with van der Waals surface area (Å²) in [6.45, 7) is 2.82. The molecule has 2 unspecified atom stereocenters. The van der Waals surface area contributed by atoms with Gasteiger partial charge in [-0.1, -0.05) is 18.2 Å². The minimum Gasteiger partial charge on any atom is -0.497 e. The van der Waals surface area contributed by atoms with Crippen molar-refractivity contribution < 1.29 is 9.53 Å². The first-order chi connectivity index (χ1) is 14.7. The quantitative estimate of drug-likeness (QED) is 0.625. The molecule has 7 heteroatoms. The minimum atomic E-state index is -0.152. The summed E-state index contributed by atoms with van der Waals surface area (Å²) >= 11 is 1.59. The lowest BCUT2D eigenvalue weighted by Crippen LogP contribution is -2.42. The van der Waals surface area contributed by atoms with Gasteiger partial charge in [0.05, 0.1) is 13.2 Å². The molecule has 1 aliphatic rings. The Balaban J connectivity index is 1.48. The van der Waals surface area contributed by atoms with Gasteiger partial charge in [-0.05, 0) is 55.1 Å². The highest BCUT2D eigenvalue weighted by Gasteiger charge is 2.31. The molecular weight excluding hydrogens is 396 g/mol. The molecule has 6 nitrogen and oxygen atoms in total. The average Bonchev–Trinajstić information content (AvgIpc) is 3.33. The zero-order chi connectivity index (χ0) is 20.8. The van der Waals surface area contributed by atoms with Gasteiger partial charge in [-0.25, -0.2) is 4.98 Å². The van der Waals surface area contributed by atoms with Gasteiger partial charge < -0.3 is 10.1 Å². The highest BCUT2D eigenvalue weighted by Crippen LogP contribution is 2.32. The van der Waals surface area contributed by atoms with E-state index in [9.17, 15) is 4.79 Å². The first-order valence-electron chi connectivity index (χ1n) is 10.2. The fraction of sp³-hybridized carbons (Fsp3) is 0.348. The molecule has 30 heavy (non-hydrogen) atoms. The van der Waals surface area contributed by atoms with Gasteiger partial charge in [0.15, 0.2) is 0 Å². The van der Waals surface area contributed by atoms with Gasteiger partial charge in [0.2, 0.25) is 0 Å². The number of ether oxygens (including phenoxy) is 1. The van der Waals surface area contributed by atoms with Crippen molar-refractivity contribution in [3.8, 4) is 5.75 Å². The van der Waals surface area contributed by atoms with Gasteiger partial charge in [-0.15, -0.1) is 11.3 Å². The number of pyridine rings is 1. The van der Waals surface area contributed by atoms with E-state index in [2.05, 4.69) is 32.3 Å². The number of thiazole rings is 1. The number of nitrogens with one attached hydrogen (secondary N) is 1. The fourth-order valence-electron chi connectivity index (χ4n) is 4.02. The van der Waals surface area contributed by atoms with E-state index in [1.807, 2.05) is 29.6 Å². The lowest BCUT2D eigenvalue weighted by atomic mass is 9.90. The van der Waals surface area contributed by atoms with E-state index in [4.69, 9.17) is 4.74 Å². The van der Waals surface area contributed by atoms with E-state index >= 15 is 0 Å². The van der Waals surface area contributed by atoms with Crippen molar-refractivity contribution in [3.63, 3.8) is 0 Å². The normalized spacial score (nSPS) is 18.0. The van der Waals surface area contributed by atoms with E-state index in [0.717, 1.165) is 43.2 Å². The highest BCUT2D eigenvalue weighted by atomic mass is 32.1. The predicted octanol–water partition coefficient (Wildman–Crippen LogP) is 3.93. The summed E-state index contributed by atoms with van der Waals surface area (Å²) in [5.41, 5.74) is 1.67. The number of methoxy groups -OCH3 is 1. The van der Waals surface area contributed by atoms with Crippen molar-refractivity contribution >= 4 is 17.2 Å². The standard InChI is InChI=1S/C23H26N4O2S/c1-29-19-8-4-6-17(14-19)15-27-12-5-7-18(16-27)21(23-25-11-13-30-23)26-22(28)20-9-2-3-10-24-20/h2-4,6,8-11,13-14,18,21H,5,7,12,15-16H2,1H3,(H,26,28). The summed E-state index contributed by atoms with van der Waals surface area (Å²) in [6, 6.07) is 13.5. The lowest BCUT2D eigenvalue weighted by molar-refractivity contribution is 0.0873. The van der Waals surface area contributed by atoms with E-state index < -0.39 is 0 Å². The molecule has 1 fully saturated rings. The van der Waals surface area contributed by atoms with E-state index in [1.54, 1.807) is 36.9 Å². The molecule has 156 valence electrons. The van der Waals surface area contributed by atoms with Crippen molar-refractivity contribution in [2.45, 2.75) is 25.4 Å². The van der Waals surface area contributed by atoms with E-state index in [0.29, 0.717) is 11.6 Å². The molecule has 2 atom stereocenters. The number of rotatable bonds is 7. The number of carbonyl (C=O) groups is 1. The fourth-order valence-corrected chi connectivity index (χ4v) is 4.80. The molecule has 2 aromatic heterocycles. The smallest absolute Gasteiger partial charge is 0.270 e. The van der Waals surface area contributed by atoms with Crippen molar-refractivity contribution in [2.75, 3.05) is 20.2 Å².